The molecule has 4 aromatic rings. The molecule has 174 valence electrons. The van der Waals surface area contributed by atoms with E-state index in [1.54, 1.807) is 19.1 Å². The van der Waals surface area contributed by atoms with E-state index in [0.717, 1.165) is 34.2 Å². The summed E-state index contributed by atoms with van der Waals surface area (Å²) < 4.78 is 0. The van der Waals surface area contributed by atoms with Crippen LogP contribution in [0.25, 0.3) is 10.2 Å². The summed E-state index contributed by atoms with van der Waals surface area (Å²) in [6.07, 6.45) is 0. The Morgan fingerprint density at radius 3 is 2.62 bits per heavy atom. The number of hydrogen-bond acceptors (Lipinski definition) is 7. The molecule has 0 spiro atoms. The molecule has 2 amide bonds. The monoisotopic (exact) mass is 494 g/mol. The molecule has 4 N–H and O–H groups in total. The van der Waals surface area contributed by atoms with Crippen molar-refractivity contribution >= 4 is 56.5 Å². The number of thiophene rings is 1. The van der Waals surface area contributed by atoms with Crippen LogP contribution in [0.1, 0.15) is 26.4 Å². The van der Waals surface area contributed by atoms with Crippen LogP contribution in [0, 0.1) is 20.8 Å². The molecule has 2 aromatic heterocycles. The third-order valence-electron chi connectivity index (χ3n) is 5.14. The number of rotatable bonds is 6. The van der Waals surface area contributed by atoms with Crippen LogP contribution in [0.5, 0.6) is 5.75 Å². The highest BCUT2D eigenvalue weighted by Gasteiger charge is 2.20. The van der Waals surface area contributed by atoms with Crippen LogP contribution >= 0.6 is 23.1 Å². The molecule has 2 heterocycles. The van der Waals surface area contributed by atoms with E-state index in [0.29, 0.717) is 32.0 Å². The first-order chi connectivity index (χ1) is 16.2. The number of aromatic amines is 1. The summed E-state index contributed by atoms with van der Waals surface area (Å²) in [4.78, 5) is 45.9. The Kier molecular flexibility index (Phi) is 6.71. The number of aromatic nitrogens is 2. The van der Waals surface area contributed by atoms with Crippen LogP contribution in [-0.2, 0) is 4.79 Å². The summed E-state index contributed by atoms with van der Waals surface area (Å²) in [5, 5.41) is 16.1. The molecule has 0 saturated heterocycles. The van der Waals surface area contributed by atoms with Gasteiger partial charge in [0.1, 0.15) is 10.6 Å². The van der Waals surface area contributed by atoms with Gasteiger partial charge < -0.3 is 20.7 Å². The van der Waals surface area contributed by atoms with Crippen molar-refractivity contribution in [2.75, 3.05) is 16.4 Å². The molecule has 0 aliphatic carbocycles. The average molecular weight is 495 g/mol. The van der Waals surface area contributed by atoms with Gasteiger partial charge in [0.2, 0.25) is 5.91 Å². The van der Waals surface area contributed by atoms with E-state index in [1.807, 2.05) is 38.1 Å². The lowest BCUT2D eigenvalue weighted by molar-refractivity contribution is -0.113. The summed E-state index contributed by atoms with van der Waals surface area (Å²) in [7, 11) is 0. The number of thioether (sulfide) groups is 1. The molecule has 10 heteroatoms. The lowest BCUT2D eigenvalue weighted by Gasteiger charge is -2.08. The lowest BCUT2D eigenvalue weighted by atomic mass is 10.2. The number of aryl methyl sites for hydroxylation is 3. The van der Waals surface area contributed by atoms with Gasteiger partial charge in [-0.15, -0.1) is 11.3 Å². The van der Waals surface area contributed by atoms with Gasteiger partial charge in [0, 0.05) is 5.69 Å². The average Bonchev–Trinajstić information content (AvgIpc) is 3.13. The zero-order chi connectivity index (χ0) is 24.4. The third-order valence-corrected chi connectivity index (χ3v) is 7.20. The van der Waals surface area contributed by atoms with Crippen molar-refractivity contribution < 1.29 is 14.7 Å². The van der Waals surface area contributed by atoms with Gasteiger partial charge in [-0.1, -0.05) is 36.0 Å². The Bertz CT molecular complexity index is 1480. The zero-order valence-corrected chi connectivity index (χ0v) is 20.3. The summed E-state index contributed by atoms with van der Waals surface area (Å²) in [5.74, 6) is -0.704. The van der Waals surface area contributed by atoms with Crippen LogP contribution in [-0.4, -0.2) is 32.6 Å². The van der Waals surface area contributed by atoms with Gasteiger partial charge in [-0.2, -0.15) is 0 Å². The third kappa shape index (κ3) is 4.97. The number of carbonyl (C=O) groups is 2. The molecule has 0 aliphatic rings. The first kappa shape index (κ1) is 23.5. The molecular formula is C24H22N4O4S2. The number of phenolic OH excluding ortho intramolecular Hbond substituents is 1. The summed E-state index contributed by atoms with van der Waals surface area (Å²) in [6, 6.07) is 12.4. The van der Waals surface area contributed by atoms with Crippen LogP contribution < -0.4 is 16.2 Å². The minimum absolute atomic E-state index is 0.0210. The van der Waals surface area contributed by atoms with Gasteiger partial charge in [-0.3, -0.25) is 14.4 Å². The largest absolute Gasteiger partial charge is 0.506 e. The lowest BCUT2D eigenvalue weighted by Crippen LogP contribution is -2.16. The Labute approximate surface area is 203 Å². The van der Waals surface area contributed by atoms with Crippen LogP contribution in [0.2, 0.25) is 0 Å². The van der Waals surface area contributed by atoms with Crippen molar-refractivity contribution in [1.82, 2.24) is 9.97 Å². The number of carbonyl (C=O) groups excluding carboxylic acids is 2. The van der Waals surface area contributed by atoms with E-state index in [9.17, 15) is 19.5 Å². The number of anilines is 2. The Morgan fingerprint density at radius 2 is 1.85 bits per heavy atom. The second-order valence-electron chi connectivity index (χ2n) is 7.73. The summed E-state index contributed by atoms with van der Waals surface area (Å²) in [5.41, 5.74) is 3.04. The fourth-order valence-corrected chi connectivity index (χ4v) is 5.17. The van der Waals surface area contributed by atoms with Crippen molar-refractivity contribution in [1.29, 1.82) is 0 Å². The maximum Gasteiger partial charge on any atom is 0.266 e. The van der Waals surface area contributed by atoms with Gasteiger partial charge in [-0.05, 0) is 55.7 Å². The minimum atomic E-state index is -0.368. The topological polar surface area (TPSA) is 124 Å². The molecule has 0 atom stereocenters. The molecule has 0 aliphatic heterocycles. The first-order valence-electron chi connectivity index (χ1n) is 10.4. The number of aromatic hydroxyl groups is 1. The number of H-pyrrole nitrogens is 1. The first-order valence-corrected chi connectivity index (χ1v) is 12.2. The maximum absolute atomic E-state index is 12.9. The second-order valence-corrected chi connectivity index (χ2v) is 9.70. The van der Waals surface area contributed by atoms with E-state index in [-0.39, 0.29) is 34.0 Å². The highest BCUT2D eigenvalue weighted by atomic mass is 32.2. The number of amides is 2. The molecule has 4 rings (SSSR count). The SMILES string of the molecule is Cc1ccc(O)c(NC(=O)CSc2nc3sc(C(=O)Nc4ccccc4C)c(C)c3c(=O)[nH]2)c1. The number of benzene rings is 2. The minimum Gasteiger partial charge on any atom is -0.506 e. The van der Waals surface area contributed by atoms with E-state index >= 15 is 0 Å². The predicted molar refractivity (Wildman–Crippen MR) is 136 cm³/mol. The predicted octanol–water partition coefficient (Wildman–Crippen LogP) is 4.60. The molecule has 0 radical (unpaired) electrons. The van der Waals surface area contributed by atoms with Crippen LogP contribution in [0.15, 0.2) is 52.4 Å². The van der Waals surface area contributed by atoms with Crippen molar-refractivity contribution in [2.24, 2.45) is 0 Å². The standard InChI is InChI=1S/C24H22N4O4S2/c1-12-8-9-17(29)16(10-12)25-18(30)11-33-24-27-21(31)19-14(3)20(34-23(19)28-24)22(32)26-15-7-5-4-6-13(15)2/h4-10,29H,11H2,1-3H3,(H,25,30)(H,26,32)(H,27,28,31). The number of hydrogen-bond donors (Lipinski definition) is 4. The summed E-state index contributed by atoms with van der Waals surface area (Å²) >= 11 is 2.20. The molecule has 2 aromatic carbocycles. The van der Waals surface area contributed by atoms with Crippen LogP contribution in [0.4, 0.5) is 11.4 Å². The smallest absolute Gasteiger partial charge is 0.266 e. The fourth-order valence-electron chi connectivity index (χ4n) is 3.37. The molecule has 8 nitrogen and oxygen atoms in total. The fraction of sp³-hybridized carbons (Fsp3) is 0.167. The Hall–Kier alpha value is -3.63. The van der Waals surface area contributed by atoms with E-state index in [2.05, 4.69) is 20.6 Å². The zero-order valence-electron chi connectivity index (χ0n) is 18.7. The molecule has 0 unspecified atom stereocenters. The number of para-hydroxylation sites is 1. The maximum atomic E-state index is 12.9. The summed E-state index contributed by atoms with van der Waals surface area (Å²) in [6.45, 7) is 5.48. The number of fused-ring (bicyclic) bond motifs is 1. The van der Waals surface area contributed by atoms with Crippen molar-refractivity contribution in [3.05, 3.63) is 74.4 Å². The van der Waals surface area contributed by atoms with Gasteiger partial charge >= 0.3 is 0 Å². The molecule has 0 bridgehead atoms. The molecule has 0 saturated carbocycles. The highest BCUT2D eigenvalue weighted by molar-refractivity contribution is 7.99. The Balaban J connectivity index is 1.51. The highest BCUT2D eigenvalue weighted by Crippen LogP contribution is 2.30. The van der Waals surface area contributed by atoms with Gasteiger partial charge in [0.05, 0.1) is 21.7 Å². The molecule has 0 fully saturated rings. The van der Waals surface area contributed by atoms with E-state index in [4.69, 9.17) is 0 Å². The van der Waals surface area contributed by atoms with Crippen molar-refractivity contribution in [3.8, 4) is 5.75 Å². The van der Waals surface area contributed by atoms with Gasteiger partial charge in [0.25, 0.3) is 11.5 Å². The van der Waals surface area contributed by atoms with E-state index < -0.39 is 0 Å². The number of nitrogens with zero attached hydrogens (tertiary/aromatic N) is 1. The van der Waals surface area contributed by atoms with Crippen molar-refractivity contribution in [3.63, 3.8) is 0 Å². The van der Waals surface area contributed by atoms with Crippen LogP contribution in [0.3, 0.4) is 0 Å². The Morgan fingerprint density at radius 1 is 1.09 bits per heavy atom. The quantitative estimate of drug-likeness (QED) is 0.176. The number of nitrogens with one attached hydrogen (secondary N) is 3. The van der Waals surface area contributed by atoms with Gasteiger partial charge in [0.15, 0.2) is 5.16 Å². The molecular weight excluding hydrogens is 472 g/mol. The number of phenols is 1. The van der Waals surface area contributed by atoms with Crippen molar-refractivity contribution in [2.45, 2.75) is 25.9 Å². The van der Waals surface area contributed by atoms with E-state index in [1.165, 1.54) is 6.07 Å². The molecule has 34 heavy (non-hydrogen) atoms. The van der Waals surface area contributed by atoms with Gasteiger partial charge in [-0.25, -0.2) is 4.98 Å². The second kappa shape index (κ2) is 9.70. The normalized spacial score (nSPS) is 10.9.